The molecule has 0 unspecified atom stereocenters. The fourth-order valence-electron chi connectivity index (χ4n) is 2.77. The van der Waals surface area contributed by atoms with Crippen molar-refractivity contribution in [3.8, 4) is 11.5 Å². The van der Waals surface area contributed by atoms with Gasteiger partial charge in [0.1, 0.15) is 0 Å². The smallest absolute Gasteiger partial charge is 0.244 e. The summed E-state index contributed by atoms with van der Waals surface area (Å²) in [4.78, 5) is 25.3. The summed E-state index contributed by atoms with van der Waals surface area (Å²) in [5.41, 5.74) is 0.744. The maximum absolute atomic E-state index is 11.9. The van der Waals surface area contributed by atoms with E-state index in [1.54, 1.807) is 25.3 Å². The van der Waals surface area contributed by atoms with Crippen LogP contribution in [0, 0.1) is 0 Å². The van der Waals surface area contributed by atoms with Crippen LogP contribution in [0.2, 0.25) is 5.02 Å². The number of likely N-dealkylation sites (tertiary alicyclic amines) is 1. The molecule has 1 saturated heterocycles. The summed E-state index contributed by atoms with van der Waals surface area (Å²) in [6, 6.07) is 3.48. The summed E-state index contributed by atoms with van der Waals surface area (Å²) in [6.07, 6.45) is 5.44. The number of nitrogens with one attached hydrogen (secondary N) is 1. The lowest BCUT2D eigenvalue weighted by Gasteiger charge is -2.14. The van der Waals surface area contributed by atoms with Gasteiger partial charge in [0.05, 0.1) is 18.7 Å². The second kappa shape index (κ2) is 10.1. The number of benzene rings is 1. The monoisotopic (exact) mass is 380 g/mol. The van der Waals surface area contributed by atoms with E-state index < -0.39 is 0 Å². The van der Waals surface area contributed by atoms with Gasteiger partial charge in [-0.2, -0.15) is 0 Å². The number of nitrogens with zero attached hydrogens (tertiary/aromatic N) is 1. The van der Waals surface area contributed by atoms with Crippen LogP contribution in [-0.4, -0.2) is 50.1 Å². The van der Waals surface area contributed by atoms with E-state index in [9.17, 15) is 9.59 Å². The Hall–Kier alpha value is -2.21. The molecule has 2 rings (SSSR count). The highest BCUT2D eigenvalue weighted by atomic mass is 35.5. The van der Waals surface area contributed by atoms with Crippen LogP contribution >= 0.6 is 11.6 Å². The lowest BCUT2D eigenvalue weighted by atomic mass is 10.2. The van der Waals surface area contributed by atoms with Crippen LogP contribution in [0.3, 0.4) is 0 Å². The van der Waals surface area contributed by atoms with Gasteiger partial charge < -0.3 is 19.7 Å². The third-order valence-corrected chi connectivity index (χ3v) is 4.32. The van der Waals surface area contributed by atoms with Gasteiger partial charge in [-0.25, -0.2) is 0 Å². The second-order valence-electron chi connectivity index (χ2n) is 5.93. The Kier molecular flexibility index (Phi) is 7.78. The van der Waals surface area contributed by atoms with Gasteiger partial charge in [-0.05, 0) is 43.5 Å². The van der Waals surface area contributed by atoms with E-state index in [1.807, 2.05) is 11.8 Å². The molecule has 1 heterocycles. The van der Waals surface area contributed by atoms with E-state index in [1.165, 1.54) is 6.08 Å². The van der Waals surface area contributed by atoms with Gasteiger partial charge in [-0.15, -0.1) is 0 Å². The van der Waals surface area contributed by atoms with Gasteiger partial charge in [0.15, 0.2) is 11.5 Å². The van der Waals surface area contributed by atoms with E-state index in [-0.39, 0.29) is 11.8 Å². The van der Waals surface area contributed by atoms with Gasteiger partial charge in [-0.1, -0.05) is 11.6 Å². The Morgan fingerprint density at radius 1 is 1.42 bits per heavy atom. The van der Waals surface area contributed by atoms with Gasteiger partial charge in [0.2, 0.25) is 11.8 Å². The molecule has 6 nitrogen and oxygen atoms in total. The molecule has 1 aromatic rings. The molecule has 0 atom stereocenters. The Morgan fingerprint density at radius 3 is 2.88 bits per heavy atom. The first kappa shape index (κ1) is 20.1. The maximum atomic E-state index is 11.9. The first-order valence-corrected chi connectivity index (χ1v) is 9.17. The zero-order valence-corrected chi connectivity index (χ0v) is 16.0. The molecular formula is C19H25ClN2O4. The highest BCUT2D eigenvalue weighted by Gasteiger charge is 2.18. The molecule has 0 aliphatic carbocycles. The number of rotatable bonds is 9. The number of ether oxygens (including phenoxy) is 2. The molecule has 0 bridgehead atoms. The van der Waals surface area contributed by atoms with Crippen molar-refractivity contribution in [2.75, 3.05) is 33.4 Å². The van der Waals surface area contributed by atoms with Gasteiger partial charge >= 0.3 is 0 Å². The highest BCUT2D eigenvalue weighted by molar-refractivity contribution is 6.32. The molecule has 26 heavy (non-hydrogen) atoms. The standard InChI is InChI=1S/C19H25ClN2O4/c1-3-26-19-15(20)12-14(13-16(19)25-2)7-8-17(23)21-9-5-11-22-10-4-6-18(22)24/h7-8,12-13H,3-6,9-11H2,1-2H3,(H,21,23)/b8-7+. The number of carbonyl (C=O) groups excluding carboxylic acids is 2. The van der Waals surface area contributed by atoms with Gasteiger partial charge in [-0.3, -0.25) is 9.59 Å². The van der Waals surface area contributed by atoms with Crippen molar-refractivity contribution in [1.29, 1.82) is 0 Å². The summed E-state index contributed by atoms with van der Waals surface area (Å²) >= 11 is 6.21. The minimum absolute atomic E-state index is 0.193. The minimum atomic E-state index is -0.193. The van der Waals surface area contributed by atoms with E-state index >= 15 is 0 Å². The minimum Gasteiger partial charge on any atom is -0.493 e. The van der Waals surface area contributed by atoms with Crippen molar-refractivity contribution < 1.29 is 19.1 Å². The molecule has 0 spiro atoms. The molecule has 1 aliphatic heterocycles. The Labute approximate surface area is 159 Å². The van der Waals surface area contributed by atoms with Crippen molar-refractivity contribution >= 4 is 29.5 Å². The Bertz CT molecular complexity index is 676. The number of methoxy groups -OCH3 is 1. The number of amides is 2. The first-order chi connectivity index (χ1) is 12.5. The molecule has 1 aromatic carbocycles. The normalized spacial score (nSPS) is 14.1. The number of hydrogen-bond donors (Lipinski definition) is 1. The molecule has 0 radical (unpaired) electrons. The average molecular weight is 381 g/mol. The summed E-state index contributed by atoms with van der Waals surface area (Å²) in [5.74, 6) is 1.03. The summed E-state index contributed by atoms with van der Waals surface area (Å²) in [6.45, 7) is 4.39. The number of carbonyl (C=O) groups is 2. The maximum Gasteiger partial charge on any atom is 0.244 e. The SMILES string of the molecule is CCOc1c(Cl)cc(/C=C/C(=O)NCCCN2CCCC2=O)cc1OC. The third-order valence-electron chi connectivity index (χ3n) is 4.04. The first-order valence-electron chi connectivity index (χ1n) is 8.79. The van der Waals surface area contributed by atoms with E-state index in [0.29, 0.717) is 42.6 Å². The van der Waals surface area contributed by atoms with Crippen molar-refractivity contribution in [1.82, 2.24) is 10.2 Å². The van der Waals surface area contributed by atoms with Crippen molar-refractivity contribution in [2.45, 2.75) is 26.2 Å². The molecule has 0 aromatic heterocycles. The summed E-state index contributed by atoms with van der Waals surface area (Å²) in [7, 11) is 1.54. The van der Waals surface area contributed by atoms with Gasteiger partial charge in [0.25, 0.3) is 0 Å². The molecule has 1 fully saturated rings. The van der Waals surface area contributed by atoms with Crippen molar-refractivity contribution in [3.05, 3.63) is 28.8 Å². The summed E-state index contributed by atoms with van der Waals surface area (Å²) in [5, 5.41) is 3.25. The quantitative estimate of drug-likeness (QED) is 0.528. The third kappa shape index (κ3) is 5.66. The molecular weight excluding hydrogens is 356 g/mol. The second-order valence-corrected chi connectivity index (χ2v) is 6.34. The molecule has 1 N–H and O–H groups in total. The average Bonchev–Trinajstić information content (AvgIpc) is 3.03. The van der Waals surface area contributed by atoms with Crippen LogP contribution < -0.4 is 14.8 Å². The van der Waals surface area contributed by atoms with Crippen LogP contribution in [0.5, 0.6) is 11.5 Å². The highest BCUT2D eigenvalue weighted by Crippen LogP contribution is 2.36. The molecule has 0 saturated carbocycles. The molecule has 1 aliphatic rings. The largest absolute Gasteiger partial charge is 0.493 e. The zero-order chi connectivity index (χ0) is 18.9. The van der Waals surface area contributed by atoms with E-state index in [2.05, 4.69) is 5.32 Å². The fraction of sp³-hybridized carbons (Fsp3) is 0.474. The van der Waals surface area contributed by atoms with Gasteiger partial charge in [0, 0.05) is 32.1 Å². The number of hydrogen-bond acceptors (Lipinski definition) is 4. The van der Waals surface area contributed by atoms with Crippen molar-refractivity contribution in [3.63, 3.8) is 0 Å². The Balaban J connectivity index is 1.83. The molecule has 142 valence electrons. The van der Waals surface area contributed by atoms with E-state index in [4.69, 9.17) is 21.1 Å². The molecule has 7 heteroatoms. The molecule has 2 amide bonds. The zero-order valence-electron chi connectivity index (χ0n) is 15.2. The Morgan fingerprint density at radius 2 is 2.23 bits per heavy atom. The fourth-order valence-corrected chi connectivity index (χ4v) is 3.05. The van der Waals surface area contributed by atoms with Crippen LogP contribution in [-0.2, 0) is 9.59 Å². The van der Waals surface area contributed by atoms with Crippen LogP contribution in [0.4, 0.5) is 0 Å². The summed E-state index contributed by atoms with van der Waals surface area (Å²) < 4.78 is 10.8. The van der Waals surface area contributed by atoms with E-state index in [0.717, 1.165) is 24.9 Å². The lowest BCUT2D eigenvalue weighted by molar-refractivity contribution is -0.127. The topological polar surface area (TPSA) is 67.9 Å². The lowest BCUT2D eigenvalue weighted by Crippen LogP contribution is -2.29. The predicted octanol–water partition coefficient (Wildman–Crippen LogP) is 2.89. The van der Waals surface area contributed by atoms with Crippen LogP contribution in [0.1, 0.15) is 31.7 Å². The van der Waals surface area contributed by atoms with Crippen molar-refractivity contribution in [2.24, 2.45) is 0 Å². The number of halogens is 1. The van der Waals surface area contributed by atoms with Crippen LogP contribution in [0.25, 0.3) is 6.08 Å². The van der Waals surface area contributed by atoms with Crippen LogP contribution in [0.15, 0.2) is 18.2 Å². The predicted molar refractivity (Wildman–Crippen MR) is 102 cm³/mol.